The molecule has 3 aromatic heterocycles. The summed E-state index contributed by atoms with van der Waals surface area (Å²) in [5, 5.41) is 15.8. The Morgan fingerprint density at radius 3 is 2.28 bits per heavy atom. The summed E-state index contributed by atoms with van der Waals surface area (Å²) in [7, 11) is 0. The van der Waals surface area contributed by atoms with Crippen LogP contribution < -0.4 is 10.6 Å². The molecule has 2 aromatic carbocycles. The molecular weight excluding hydrogens is 450 g/mol. The monoisotopic (exact) mass is 475 g/mol. The predicted molar refractivity (Wildman–Crippen MR) is 140 cm³/mol. The highest BCUT2D eigenvalue weighted by Crippen LogP contribution is 2.34. The summed E-state index contributed by atoms with van der Waals surface area (Å²) in [6.07, 6.45) is 4.34. The van der Waals surface area contributed by atoms with Crippen molar-refractivity contribution in [3.05, 3.63) is 114 Å². The Bertz CT molecular complexity index is 1470. The molecule has 0 atom stereocenters. The summed E-state index contributed by atoms with van der Waals surface area (Å²) in [6.45, 7) is 1.59. The highest BCUT2D eigenvalue weighted by Gasteiger charge is 2.14. The normalized spacial score (nSPS) is 10.9. The van der Waals surface area contributed by atoms with Crippen LogP contribution in [-0.2, 0) is 19.6 Å². The molecule has 0 fully saturated rings. The standard InChI is InChI=1S/C29H25N5O2/c35-29(36)33-18-20-6-8-23(9-7-20)28-24(22-4-2-1-3-5-22)16-25-26(34-28)12-15-32-27(25)19-31-17-21-10-13-30-14-11-21/h1-16,31,33H,17-19H2,(H,35,36). The fraction of sp³-hybridized carbons (Fsp3) is 0.103. The lowest BCUT2D eigenvalue weighted by Gasteiger charge is -2.14. The average Bonchev–Trinajstić information content (AvgIpc) is 2.93. The molecule has 0 saturated carbocycles. The Balaban J connectivity index is 1.51. The first-order chi connectivity index (χ1) is 17.7. The first kappa shape index (κ1) is 23.1. The molecule has 0 aliphatic heterocycles. The number of nitrogens with zero attached hydrogens (tertiary/aromatic N) is 3. The molecule has 0 spiro atoms. The van der Waals surface area contributed by atoms with Crippen molar-refractivity contribution in [1.29, 1.82) is 0 Å². The first-order valence-electron chi connectivity index (χ1n) is 11.7. The van der Waals surface area contributed by atoms with Crippen LogP contribution in [0.25, 0.3) is 33.3 Å². The summed E-state index contributed by atoms with van der Waals surface area (Å²) in [5.74, 6) is 0. The van der Waals surface area contributed by atoms with E-state index in [-0.39, 0.29) is 6.54 Å². The second kappa shape index (κ2) is 10.8. The van der Waals surface area contributed by atoms with Gasteiger partial charge >= 0.3 is 6.09 Å². The Labute approximate surface area is 208 Å². The topological polar surface area (TPSA) is 100 Å². The van der Waals surface area contributed by atoms with Crippen molar-refractivity contribution in [2.45, 2.75) is 19.6 Å². The van der Waals surface area contributed by atoms with Crippen molar-refractivity contribution in [2.24, 2.45) is 0 Å². The van der Waals surface area contributed by atoms with Crippen LogP contribution >= 0.6 is 0 Å². The molecule has 5 rings (SSSR count). The Kier molecular flexibility index (Phi) is 6.91. The lowest BCUT2D eigenvalue weighted by molar-refractivity contribution is 0.194. The zero-order valence-electron chi connectivity index (χ0n) is 19.6. The van der Waals surface area contributed by atoms with Gasteiger partial charge in [-0.05, 0) is 41.0 Å². The minimum Gasteiger partial charge on any atom is -0.465 e. The molecule has 36 heavy (non-hydrogen) atoms. The maximum atomic E-state index is 10.8. The highest BCUT2D eigenvalue weighted by molar-refractivity contribution is 5.92. The number of fused-ring (bicyclic) bond motifs is 1. The van der Waals surface area contributed by atoms with Gasteiger partial charge in [0.05, 0.1) is 16.9 Å². The lowest BCUT2D eigenvalue weighted by atomic mass is 9.96. The minimum atomic E-state index is -1.04. The van der Waals surface area contributed by atoms with Gasteiger partial charge in [-0.15, -0.1) is 0 Å². The molecule has 3 heterocycles. The second-order valence-corrected chi connectivity index (χ2v) is 8.39. The van der Waals surface area contributed by atoms with E-state index in [9.17, 15) is 4.79 Å². The van der Waals surface area contributed by atoms with Gasteiger partial charge in [-0.1, -0.05) is 54.6 Å². The van der Waals surface area contributed by atoms with Gasteiger partial charge in [0.25, 0.3) is 0 Å². The van der Waals surface area contributed by atoms with Crippen molar-refractivity contribution < 1.29 is 9.90 Å². The Hall–Kier alpha value is -4.62. The van der Waals surface area contributed by atoms with Crippen molar-refractivity contribution in [3.8, 4) is 22.4 Å². The molecule has 1 amide bonds. The fourth-order valence-corrected chi connectivity index (χ4v) is 4.14. The quantitative estimate of drug-likeness (QED) is 0.277. The maximum Gasteiger partial charge on any atom is 0.404 e. The molecule has 0 unspecified atom stereocenters. The summed E-state index contributed by atoms with van der Waals surface area (Å²) in [6, 6.07) is 26.1. The van der Waals surface area contributed by atoms with Crippen LogP contribution in [-0.4, -0.2) is 26.2 Å². The van der Waals surface area contributed by atoms with Crippen LogP contribution in [0.3, 0.4) is 0 Å². The van der Waals surface area contributed by atoms with Gasteiger partial charge in [0.1, 0.15) is 0 Å². The number of benzene rings is 2. The number of carbonyl (C=O) groups is 1. The van der Waals surface area contributed by atoms with E-state index in [2.05, 4.69) is 38.8 Å². The molecule has 0 aliphatic carbocycles. The molecule has 178 valence electrons. The van der Waals surface area contributed by atoms with Crippen molar-refractivity contribution in [2.75, 3.05) is 0 Å². The largest absolute Gasteiger partial charge is 0.465 e. The summed E-state index contributed by atoms with van der Waals surface area (Å²) in [4.78, 5) is 24.6. The van der Waals surface area contributed by atoms with Crippen LogP contribution in [0.5, 0.6) is 0 Å². The number of amides is 1. The Morgan fingerprint density at radius 1 is 0.778 bits per heavy atom. The van der Waals surface area contributed by atoms with Gasteiger partial charge in [0.15, 0.2) is 0 Å². The van der Waals surface area contributed by atoms with Gasteiger partial charge in [-0.2, -0.15) is 0 Å². The molecule has 5 aromatic rings. The van der Waals surface area contributed by atoms with Crippen LogP contribution in [0.15, 0.2) is 97.5 Å². The molecule has 7 nitrogen and oxygen atoms in total. The van der Waals surface area contributed by atoms with E-state index in [1.165, 1.54) is 0 Å². The van der Waals surface area contributed by atoms with Crippen LogP contribution in [0.1, 0.15) is 16.8 Å². The van der Waals surface area contributed by atoms with E-state index in [1.54, 1.807) is 18.6 Å². The zero-order chi connectivity index (χ0) is 24.7. The number of nitrogens with one attached hydrogen (secondary N) is 2. The summed E-state index contributed by atoms with van der Waals surface area (Å²) < 4.78 is 0. The fourth-order valence-electron chi connectivity index (χ4n) is 4.14. The van der Waals surface area contributed by atoms with Crippen molar-refractivity contribution >= 4 is 17.0 Å². The molecule has 0 bridgehead atoms. The van der Waals surface area contributed by atoms with Gasteiger partial charge in [0.2, 0.25) is 0 Å². The predicted octanol–water partition coefficient (Wildman–Crippen LogP) is 5.42. The van der Waals surface area contributed by atoms with Gasteiger partial charge in [-0.25, -0.2) is 9.78 Å². The SMILES string of the molecule is O=C(O)NCc1ccc(-c2nc3ccnc(CNCc4ccncc4)c3cc2-c2ccccc2)cc1. The third-order valence-corrected chi connectivity index (χ3v) is 5.95. The van der Waals surface area contributed by atoms with E-state index in [1.807, 2.05) is 60.7 Å². The second-order valence-electron chi connectivity index (χ2n) is 8.39. The van der Waals surface area contributed by atoms with E-state index in [4.69, 9.17) is 10.1 Å². The molecule has 7 heteroatoms. The zero-order valence-corrected chi connectivity index (χ0v) is 19.6. The van der Waals surface area contributed by atoms with Crippen LogP contribution in [0.4, 0.5) is 4.79 Å². The number of pyridine rings is 3. The first-order valence-corrected chi connectivity index (χ1v) is 11.7. The number of hydrogen-bond acceptors (Lipinski definition) is 5. The van der Waals surface area contributed by atoms with E-state index in [0.717, 1.165) is 56.7 Å². The maximum absolute atomic E-state index is 10.8. The minimum absolute atomic E-state index is 0.258. The molecular formula is C29H25N5O2. The van der Waals surface area contributed by atoms with E-state index >= 15 is 0 Å². The summed E-state index contributed by atoms with van der Waals surface area (Å²) in [5.41, 5.74) is 7.77. The smallest absolute Gasteiger partial charge is 0.404 e. The third kappa shape index (κ3) is 5.37. The lowest BCUT2D eigenvalue weighted by Crippen LogP contribution is -2.19. The van der Waals surface area contributed by atoms with Gasteiger partial charge in [0, 0.05) is 54.7 Å². The molecule has 3 N–H and O–H groups in total. The average molecular weight is 476 g/mol. The van der Waals surface area contributed by atoms with Crippen molar-refractivity contribution in [1.82, 2.24) is 25.6 Å². The number of rotatable bonds is 8. The van der Waals surface area contributed by atoms with Crippen LogP contribution in [0, 0.1) is 0 Å². The van der Waals surface area contributed by atoms with Gasteiger partial charge < -0.3 is 15.7 Å². The molecule has 0 radical (unpaired) electrons. The van der Waals surface area contributed by atoms with E-state index < -0.39 is 6.09 Å². The van der Waals surface area contributed by atoms with E-state index in [0.29, 0.717) is 6.54 Å². The van der Waals surface area contributed by atoms with Crippen molar-refractivity contribution in [3.63, 3.8) is 0 Å². The summed E-state index contributed by atoms with van der Waals surface area (Å²) >= 11 is 0. The Morgan fingerprint density at radius 2 is 1.53 bits per heavy atom. The van der Waals surface area contributed by atoms with Gasteiger partial charge in [-0.3, -0.25) is 9.97 Å². The number of aromatic nitrogens is 3. The molecule has 0 aliphatic rings. The third-order valence-electron chi connectivity index (χ3n) is 5.95. The number of carboxylic acid groups (broad SMARTS) is 1. The highest BCUT2D eigenvalue weighted by atomic mass is 16.4. The van der Waals surface area contributed by atoms with Crippen LogP contribution in [0.2, 0.25) is 0 Å². The molecule has 0 saturated heterocycles. The number of hydrogen-bond donors (Lipinski definition) is 3.